The van der Waals surface area contributed by atoms with Gasteiger partial charge in [-0.1, -0.05) is 35.5 Å². The van der Waals surface area contributed by atoms with Crippen LogP contribution in [-0.2, 0) is 30.9 Å². The summed E-state index contributed by atoms with van der Waals surface area (Å²) in [6.07, 6.45) is 2.05. The lowest BCUT2D eigenvalue weighted by Crippen LogP contribution is -2.09. The molecule has 0 saturated heterocycles. The number of aryl methyl sites for hydroxylation is 2. The van der Waals surface area contributed by atoms with Crippen LogP contribution in [-0.4, -0.2) is 22.1 Å². The Morgan fingerprint density at radius 1 is 1.26 bits per heavy atom. The zero-order valence-electron chi connectivity index (χ0n) is 11.2. The topological polar surface area (TPSA) is 66.0 Å². The summed E-state index contributed by atoms with van der Waals surface area (Å²) in [6, 6.07) is 10.4. The molecule has 5 nitrogen and oxygen atoms in total. The number of rotatable bonds is 7. The number of methoxy groups -OCH3 is 1. The van der Waals surface area contributed by atoms with E-state index in [2.05, 4.69) is 34.6 Å². The molecule has 0 bridgehead atoms. The minimum Gasteiger partial charge on any atom is -0.378 e. The van der Waals surface area contributed by atoms with Crippen LogP contribution in [0.25, 0.3) is 0 Å². The molecule has 5 heteroatoms. The molecule has 0 spiro atoms. The fraction of sp³-hybridized carbons (Fsp3) is 0.429. The third kappa shape index (κ3) is 3.62. The maximum atomic E-state index is 5.64. The van der Waals surface area contributed by atoms with Crippen molar-refractivity contribution >= 4 is 0 Å². The van der Waals surface area contributed by atoms with Crippen molar-refractivity contribution in [2.45, 2.75) is 32.5 Å². The van der Waals surface area contributed by atoms with Gasteiger partial charge in [-0.3, -0.25) is 0 Å². The molecule has 0 aliphatic heterocycles. The average molecular weight is 260 g/mol. The van der Waals surface area contributed by atoms with Crippen LogP contribution in [0.4, 0.5) is 0 Å². The van der Waals surface area contributed by atoms with Gasteiger partial charge in [0, 0.05) is 20.2 Å². The average Bonchev–Trinajstić information content (AvgIpc) is 2.83. The highest BCUT2D eigenvalue weighted by Gasteiger charge is 2.10. The molecule has 0 fully saturated rings. The van der Waals surface area contributed by atoms with Crippen LogP contribution < -0.4 is 5.73 Å². The van der Waals surface area contributed by atoms with Gasteiger partial charge >= 0.3 is 0 Å². The molecular weight excluding hydrogens is 240 g/mol. The Bertz CT molecular complexity index is 495. The van der Waals surface area contributed by atoms with E-state index in [0.717, 1.165) is 30.8 Å². The van der Waals surface area contributed by atoms with E-state index in [0.29, 0.717) is 13.2 Å². The molecule has 0 unspecified atom stereocenters. The molecule has 0 radical (unpaired) electrons. The van der Waals surface area contributed by atoms with Gasteiger partial charge in [0.2, 0.25) is 0 Å². The number of aromatic nitrogens is 3. The summed E-state index contributed by atoms with van der Waals surface area (Å²) in [5, 5.41) is 8.23. The first kappa shape index (κ1) is 13.7. The second kappa shape index (κ2) is 7.01. The van der Waals surface area contributed by atoms with Crippen LogP contribution in [0.1, 0.15) is 23.4 Å². The summed E-state index contributed by atoms with van der Waals surface area (Å²) in [5.74, 6) is 0. The van der Waals surface area contributed by atoms with E-state index in [1.54, 1.807) is 7.11 Å². The van der Waals surface area contributed by atoms with E-state index in [1.807, 2.05) is 10.7 Å². The standard InChI is InChI=1S/C14H20N4O/c1-19-11-14-13(10-15)16-17-18(14)9-5-8-12-6-3-2-4-7-12/h2-4,6-7H,5,8-11,15H2,1H3. The lowest BCUT2D eigenvalue weighted by Gasteiger charge is -2.07. The second-order valence-corrected chi connectivity index (χ2v) is 4.43. The Hall–Kier alpha value is -1.72. The largest absolute Gasteiger partial charge is 0.378 e. The van der Waals surface area contributed by atoms with Crippen molar-refractivity contribution in [3.63, 3.8) is 0 Å². The zero-order valence-corrected chi connectivity index (χ0v) is 11.2. The highest BCUT2D eigenvalue weighted by molar-refractivity contribution is 5.14. The predicted octanol–water partition coefficient (Wildman–Crippen LogP) is 1.52. The monoisotopic (exact) mass is 260 g/mol. The maximum absolute atomic E-state index is 5.64. The Kier molecular flexibility index (Phi) is 5.06. The van der Waals surface area contributed by atoms with E-state index >= 15 is 0 Å². The SMILES string of the molecule is COCc1c(CN)nnn1CCCc1ccccc1. The second-order valence-electron chi connectivity index (χ2n) is 4.43. The zero-order chi connectivity index (χ0) is 13.5. The lowest BCUT2D eigenvalue weighted by molar-refractivity contribution is 0.175. The van der Waals surface area contributed by atoms with E-state index in [9.17, 15) is 0 Å². The van der Waals surface area contributed by atoms with Crippen LogP contribution in [0.5, 0.6) is 0 Å². The molecule has 0 aliphatic rings. The molecule has 19 heavy (non-hydrogen) atoms. The molecule has 0 aliphatic carbocycles. The molecule has 0 amide bonds. The Morgan fingerprint density at radius 2 is 2.05 bits per heavy atom. The molecule has 1 aromatic heterocycles. The molecule has 1 aromatic carbocycles. The molecule has 0 atom stereocenters. The Balaban J connectivity index is 1.94. The smallest absolute Gasteiger partial charge is 0.102 e. The van der Waals surface area contributed by atoms with Gasteiger partial charge in [0.15, 0.2) is 0 Å². The first-order chi connectivity index (χ1) is 9.35. The van der Waals surface area contributed by atoms with Gasteiger partial charge in [-0.05, 0) is 18.4 Å². The third-order valence-corrected chi connectivity index (χ3v) is 3.07. The molecule has 1 heterocycles. The summed E-state index contributed by atoms with van der Waals surface area (Å²) in [7, 11) is 1.67. The van der Waals surface area contributed by atoms with Gasteiger partial charge in [0.05, 0.1) is 12.3 Å². The summed E-state index contributed by atoms with van der Waals surface area (Å²) in [4.78, 5) is 0. The van der Waals surface area contributed by atoms with Crippen LogP contribution in [0, 0.1) is 0 Å². The Labute approximate surface area is 113 Å². The Morgan fingerprint density at radius 3 is 2.74 bits per heavy atom. The molecule has 2 N–H and O–H groups in total. The lowest BCUT2D eigenvalue weighted by atomic mass is 10.1. The van der Waals surface area contributed by atoms with Gasteiger partial charge < -0.3 is 10.5 Å². The van der Waals surface area contributed by atoms with Crippen molar-refractivity contribution in [2.75, 3.05) is 7.11 Å². The molecular formula is C14H20N4O. The first-order valence-corrected chi connectivity index (χ1v) is 6.49. The van der Waals surface area contributed by atoms with Gasteiger partial charge in [-0.15, -0.1) is 5.10 Å². The summed E-state index contributed by atoms with van der Waals surface area (Å²) < 4.78 is 7.08. The van der Waals surface area contributed by atoms with Crippen LogP contribution in [0.15, 0.2) is 30.3 Å². The van der Waals surface area contributed by atoms with E-state index in [1.165, 1.54) is 5.56 Å². The van der Waals surface area contributed by atoms with Crippen molar-refractivity contribution in [3.05, 3.63) is 47.3 Å². The van der Waals surface area contributed by atoms with Gasteiger partial charge in [0.1, 0.15) is 5.69 Å². The quantitative estimate of drug-likeness (QED) is 0.819. The highest BCUT2D eigenvalue weighted by Crippen LogP contribution is 2.09. The number of hydrogen-bond acceptors (Lipinski definition) is 4. The maximum Gasteiger partial charge on any atom is 0.102 e. The van der Waals surface area contributed by atoms with Crippen molar-refractivity contribution in [2.24, 2.45) is 5.73 Å². The van der Waals surface area contributed by atoms with Crippen LogP contribution >= 0.6 is 0 Å². The van der Waals surface area contributed by atoms with Crippen molar-refractivity contribution in [1.82, 2.24) is 15.0 Å². The predicted molar refractivity (Wildman–Crippen MR) is 73.4 cm³/mol. The third-order valence-electron chi connectivity index (χ3n) is 3.07. The van der Waals surface area contributed by atoms with Gasteiger partial charge in [0.25, 0.3) is 0 Å². The summed E-state index contributed by atoms with van der Waals surface area (Å²) >= 11 is 0. The summed E-state index contributed by atoms with van der Waals surface area (Å²) in [6.45, 7) is 1.74. The normalized spacial score (nSPS) is 10.8. The number of benzene rings is 1. The number of nitrogens with two attached hydrogens (primary N) is 1. The minimum absolute atomic E-state index is 0.400. The highest BCUT2D eigenvalue weighted by atomic mass is 16.5. The fourth-order valence-electron chi connectivity index (χ4n) is 2.08. The van der Waals surface area contributed by atoms with Gasteiger partial charge in [-0.25, -0.2) is 4.68 Å². The van der Waals surface area contributed by atoms with Gasteiger partial charge in [-0.2, -0.15) is 0 Å². The molecule has 102 valence electrons. The van der Waals surface area contributed by atoms with E-state index in [-0.39, 0.29) is 0 Å². The van der Waals surface area contributed by atoms with E-state index in [4.69, 9.17) is 10.5 Å². The number of hydrogen-bond donors (Lipinski definition) is 1. The fourth-order valence-corrected chi connectivity index (χ4v) is 2.08. The summed E-state index contributed by atoms with van der Waals surface area (Å²) in [5.41, 5.74) is 8.79. The van der Waals surface area contributed by atoms with Crippen molar-refractivity contribution < 1.29 is 4.74 Å². The minimum atomic E-state index is 0.400. The van der Waals surface area contributed by atoms with Crippen molar-refractivity contribution in [3.8, 4) is 0 Å². The number of nitrogens with zero attached hydrogens (tertiary/aromatic N) is 3. The van der Waals surface area contributed by atoms with Crippen LogP contribution in [0.2, 0.25) is 0 Å². The van der Waals surface area contributed by atoms with Crippen LogP contribution in [0.3, 0.4) is 0 Å². The first-order valence-electron chi connectivity index (χ1n) is 6.49. The molecule has 0 saturated carbocycles. The molecule has 2 aromatic rings. The van der Waals surface area contributed by atoms with Crippen molar-refractivity contribution in [1.29, 1.82) is 0 Å². The van der Waals surface area contributed by atoms with E-state index < -0.39 is 0 Å². The number of ether oxygens (including phenoxy) is 1. The molecule has 2 rings (SSSR count).